The van der Waals surface area contributed by atoms with Crippen molar-refractivity contribution in [1.82, 2.24) is 19.9 Å². The number of hydrogen-bond acceptors (Lipinski definition) is 5. The van der Waals surface area contributed by atoms with Crippen LogP contribution in [0.1, 0.15) is 19.3 Å². The van der Waals surface area contributed by atoms with Gasteiger partial charge in [0.25, 0.3) is 0 Å². The summed E-state index contributed by atoms with van der Waals surface area (Å²) in [4.78, 5) is 27.6. The molecule has 0 saturated carbocycles. The molecule has 1 aliphatic heterocycles. The molecule has 3 aromatic rings. The number of pyridine rings is 1. The van der Waals surface area contributed by atoms with Gasteiger partial charge in [-0.3, -0.25) is 9.78 Å². The van der Waals surface area contributed by atoms with Crippen LogP contribution in [0.4, 0.5) is 5.82 Å². The number of benzene rings is 1. The number of hydrogen-bond donors (Lipinski definition) is 1. The highest BCUT2D eigenvalue weighted by atomic mass is 16.2. The van der Waals surface area contributed by atoms with Gasteiger partial charge in [0.1, 0.15) is 5.69 Å². The highest BCUT2D eigenvalue weighted by Crippen LogP contribution is 2.25. The molecule has 1 saturated heterocycles. The van der Waals surface area contributed by atoms with E-state index in [0.29, 0.717) is 6.42 Å². The van der Waals surface area contributed by atoms with Gasteiger partial charge in [-0.05, 0) is 37.1 Å². The maximum absolute atomic E-state index is 11.7. The molecule has 1 aromatic carbocycles. The van der Waals surface area contributed by atoms with Crippen molar-refractivity contribution in [3.63, 3.8) is 0 Å². The van der Waals surface area contributed by atoms with Crippen molar-refractivity contribution in [2.45, 2.75) is 19.3 Å². The molecule has 0 spiro atoms. The van der Waals surface area contributed by atoms with Crippen molar-refractivity contribution in [2.24, 2.45) is 0 Å². The molecule has 3 heterocycles. The molecule has 1 aliphatic rings. The molecule has 4 rings (SSSR count). The third-order valence-electron chi connectivity index (χ3n) is 4.55. The lowest BCUT2D eigenvalue weighted by molar-refractivity contribution is -0.127. The van der Waals surface area contributed by atoms with Crippen molar-refractivity contribution in [3.8, 4) is 11.4 Å². The lowest BCUT2D eigenvalue weighted by Crippen LogP contribution is -2.27. The van der Waals surface area contributed by atoms with Crippen molar-refractivity contribution in [1.29, 1.82) is 0 Å². The van der Waals surface area contributed by atoms with Crippen LogP contribution < -0.4 is 5.32 Å². The predicted molar refractivity (Wildman–Crippen MR) is 102 cm³/mol. The lowest BCUT2D eigenvalue weighted by Gasteiger charge is -2.16. The van der Waals surface area contributed by atoms with E-state index in [0.717, 1.165) is 60.7 Å². The number of nitrogens with zero attached hydrogens (tertiary/aromatic N) is 4. The second-order valence-electron chi connectivity index (χ2n) is 6.39. The number of anilines is 1. The zero-order valence-corrected chi connectivity index (χ0v) is 14.6. The van der Waals surface area contributed by atoms with E-state index in [9.17, 15) is 4.79 Å². The molecular weight excluding hydrogens is 326 g/mol. The summed E-state index contributed by atoms with van der Waals surface area (Å²) in [5, 5.41) is 3.39. The highest BCUT2D eigenvalue weighted by molar-refractivity contribution is 5.82. The molecule has 6 nitrogen and oxygen atoms in total. The quantitative estimate of drug-likeness (QED) is 0.694. The summed E-state index contributed by atoms with van der Waals surface area (Å²) in [7, 11) is 0. The van der Waals surface area contributed by atoms with E-state index in [-0.39, 0.29) is 5.91 Å². The fourth-order valence-electron chi connectivity index (χ4n) is 3.22. The van der Waals surface area contributed by atoms with Crippen molar-refractivity contribution < 1.29 is 4.79 Å². The highest BCUT2D eigenvalue weighted by Gasteiger charge is 2.19. The fourth-order valence-corrected chi connectivity index (χ4v) is 3.22. The first-order chi connectivity index (χ1) is 12.8. The molecule has 0 unspecified atom stereocenters. The van der Waals surface area contributed by atoms with Gasteiger partial charge in [0.2, 0.25) is 5.91 Å². The summed E-state index contributed by atoms with van der Waals surface area (Å²) in [6.07, 6.45) is 4.30. The number of aromatic nitrogens is 3. The third kappa shape index (κ3) is 3.49. The minimum absolute atomic E-state index is 0.268. The average Bonchev–Trinajstić information content (AvgIpc) is 3.10. The van der Waals surface area contributed by atoms with Gasteiger partial charge in [0, 0.05) is 32.3 Å². The maximum atomic E-state index is 11.7. The summed E-state index contributed by atoms with van der Waals surface area (Å²) in [5.41, 5.74) is 3.25. The first-order valence-corrected chi connectivity index (χ1v) is 9.01. The van der Waals surface area contributed by atoms with E-state index in [1.165, 1.54) is 0 Å². The first kappa shape index (κ1) is 16.4. The minimum Gasteiger partial charge on any atom is -0.368 e. The number of likely N-dealkylation sites (tertiary alicyclic amines) is 1. The van der Waals surface area contributed by atoms with Crippen LogP contribution in [0.2, 0.25) is 0 Å². The van der Waals surface area contributed by atoms with Crippen molar-refractivity contribution >= 4 is 22.8 Å². The molecule has 132 valence electrons. The van der Waals surface area contributed by atoms with E-state index in [2.05, 4.69) is 10.3 Å². The van der Waals surface area contributed by atoms with Crippen LogP contribution in [-0.2, 0) is 4.79 Å². The third-order valence-corrected chi connectivity index (χ3v) is 4.55. The molecule has 1 N–H and O–H groups in total. The van der Waals surface area contributed by atoms with Crippen molar-refractivity contribution in [2.75, 3.05) is 25.0 Å². The molecule has 0 bridgehead atoms. The lowest BCUT2D eigenvalue weighted by atomic mass is 10.2. The Labute approximate surface area is 152 Å². The van der Waals surface area contributed by atoms with Gasteiger partial charge >= 0.3 is 0 Å². The Morgan fingerprint density at radius 1 is 1.04 bits per heavy atom. The largest absolute Gasteiger partial charge is 0.368 e. The van der Waals surface area contributed by atoms with Gasteiger partial charge in [-0.2, -0.15) is 0 Å². The standard InChI is InChI=1S/C20H21N5O/c26-18-10-5-13-25(18)14-6-12-22-20-19(17-9-3-4-11-21-17)23-15-7-1-2-8-16(15)24-20/h1-4,7-9,11H,5-6,10,12-14H2,(H,22,24). The monoisotopic (exact) mass is 347 g/mol. The van der Waals surface area contributed by atoms with Crippen LogP contribution in [0.25, 0.3) is 22.4 Å². The predicted octanol–water partition coefficient (Wildman–Crippen LogP) is 3.12. The van der Waals surface area contributed by atoms with Crippen LogP contribution >= 0.6 is 0 Å². The van der Waals surface area contributed by atoms with E-state index >= 15 is 0 Å². The molecule has 0 atom stereocenters. The van der Waals surface area contributed by atoms with Crippen molar-refractivity contribution in [3.05, 3.63) is 48.7 Å². The number of rotatable bonds is 6. The molecular formula is C20H21N5O. The molecule has 1 fully saturated rings. The molecule has 0 aliphatic carbocycles. The van der Waals surface area contributed by atoms with Gasteiger partial charge in [-0.1, -0.05) is 18.2 Å². The fraction of sp³-hybridized carbons (Fsp3) is 0.300. The van der Waals surface area contributed by atoms with Crippen LogP contribution in [0, 0.1) is 0 Å². The van der Waals surface area contributed by atoms with Gasteiger partial charge in [0.15, 0.2) is 5.82 Å². The summed E-state index contributed by atoms with van der Waals surface area (Å²) >= 11 is 0. The van der Waals surface area contributed by atoms with Crippen LogP contribution in [0.3, 0.4) is 0 Å². The second-order valence-corrected chi connectivity index (χ2v) is 6.39. The molecule has 0 radical (unpaired) electrons. The van der Waals surface area contributed by atoms with Gasteiger partial charge in [-0.25, -0.2) is 9.97 Å². The summed E-state index contributed by atoms with van der Waals surface area (Å²) in [6, 6.07) is 13.6. The van der Waals surface area contributed by atoms with Crippen LogP contribution in [-0.4, -0.2) is 45.4 Å². The van der Waals surface area contributed by atoms with E-state index in [4.69, 9.17) is 9.97 Å². The van der Waals surface area contributed by atoms with E-state index < -0.39 is 0 Å². The van der Waals surface area contributed by atoms with Crippen LogP contribution in [0.15, 0.2) is 48.7 Å². The maximum Gasteiger partial charge on any atom is 0.222 e. The van der Waals surface area contributed by atoms with Gasteiger partial charge in [0.05, 0.1) is 16.7 Å². The minimum atomic E-state index is 0.268. The number of fused-ring (bicyclic) bond motifs is 1. The zero-order chi connectivity index (χ0) is 17.8. The summed E-state index contributed by atoms with van der Waals surface area (Å²) in [5.74, 6) is 1.000. The zero-order valence-electron chi connectivity index (χ0n) is 14.6. The van der Waals surface area contributed by atoms with Gasteiger partial charge < -0.3 is 10.2 Å². The number of carbonyl (C=O) groups is 1. The topological polar surface area (TPSA) is 71.0 Å². The molecule has 26 heavy (non-hydrogen) atoms. The van der Waals surface area contributed by atoms with Gasteiger partial charge in [-0.15, -0.1) is 0 Å². The van der Waals surface area contributed by atoms with E-state index in [1.807, 2.05) is 47.4 Å². The Morgan fingerprint density at radius 3 is 2.58 bits per heavy atom. The number of amides is 1. The summed E-state index contributed by atoms with van der Waals surface area (Å²) in [6.45, 7) is 2.40. The smallest absolute Gasteiger partial charge is 0.222 e. The Kier molecular flexibility index (Phi) is 4.73. The van der Waals surface area contributed by atoms with E-state index in [1.54, 1.807) is 6.20 Å². The Balaban J connectivity index is 1.53. The number of carbonyl (C=O) groups excluding carboxylic acids is 1. The SMILES string of the molecule is O=C1CCCN1CCCNc1nc2ccccc2nc1-c1ccccn1. The number of nitrogens with one attached hydrogen (secondary N) is 1. The molecule has 1 amide bonds. The number of para-hydroxylation sites is 2. The Morgan fingerprint density at radius 2 is 1.85 bits per heavy atom. The Hall–Kier alpha value is -3.02. The molecule has 2 aromatic heterocycles. The Bertz CT molecular complexity index is 912. The van der Waals surface area contributed by atoms with Crippen LogP contribution in [0.5, 0.6) is 0 Å². The summed E-state index contributed by atoms with van der Waals surface area (Å²) < 4.78 is 0. The average molecular weight is 347 g/mol. The second kappa shape index (κ2) is 7.47. The first-order valence-electron chi connectivity index (χ1n) is 9.01. The normalized spacial score (nSPS) is 14.2. The molecule has 6 heteroatoms.